The van der Waals surface area contributed by atoms with Gasteiger partial charge in [-0.25, -0.2) is 0 Å². The molecule has 41 heavy (non-hydrogen) atoms. The van der Waals surface area contributed by atoms with Crippen LogP contribution >= 0.6 is 0 Å². The summed E-state index contributed by atoms with van der Waals surface area (Å²) in [4.78, 5) is 23.6. The van der Waals surface area contributed by atoms with Gasteiger partial charge in [-0.05, 0) is 0 Å². The van der Waals surface area contributed by atoms with Gasteiger partial charge in [-0.1, -0.05) is 0 Å². The molecule has 0 saturated carbocycles. The van der Waals surface area contributed by atoms with E-state index < -0.39 is 39.9 Å². The van der Waals surface area contributed by atoms with Gasteiger partial charge in [-0.15, -0.1) is 0 Å². The first-order valence-corrected chi connectivity index (χ1v) is 14.9. The Balaban J connectivity index is 1.41. The first-order valence-electron chi connectivity index (χ1n) is 12.9. The molecule has 5 rings (SSSR count). The van der Waals surface area contributed by atoms with Crippen LogP contribution in [0.4, 0.5) is 13.2 Å². The van der Waals surface area contributed by atoms with Crippen LogP contribution in [0.2, 0.25) is 0 Å². The molecule has 1 amide bonds. The SMILES string of the molecule is CC(C)(O)C(F)CNC(=O)c1cnc(-c2cnc3cc(C#N)cnn23)cc1[As]C1CC2CN(CC(F)F)C=CN2N1. The Bertz CT molecular complexity index is 1500. The molecule has 3 atom stereocenters. The third-order valence-electron chi connectivity index (χ3n) is 6.83. The van der Waals surface area contributed by atoms with Gasteiger partial charge in [0.1, 0.15) is 0 Å². The van der Waals surface area contributed by atoms with E-state index in [0.29, 0.717) is 35.6 Å². The molecule has 2 aliphatic rings. The summed E-state index contributed by atoms with van der Waals surface area (Å²) >= 11 is -0.700. The Kier molecular flexibility index (Phi) is 8.22. The first kappa shape index (κ1) is 28.9. The number of imidazole rings is 1. The monoisotopic (exact) mass is 630 g/mol. The number of hydrogen-bond donors (Lipinski definition) is 3. The fourth-order valence-corrected chi connectivity index (χ4v) is 7.47. The van der Waals surface area contributed by atoms with Crippen LogP contribution in [0, 0.1) is 11.3 Å². The van der Waals surface area contributed by atoms with Crippen molar-refractivity contribution in [1.82, 2.24) is 40.2 Å². The van der Waals surface area contributed by atoms with Crippen LogP contribution in [0.5, 0.6) is 0 Å². The zero-order valence-electron chi connectivity index (χ0n) is 22.2. The molecule has 5 heterocycles. The fraction of sp³-hybridized carbons (Fsp3) is 0.423. The summed E-state index contributed by atoms with van der Waals surface area (Å²) in [5, 5.41) is 27.9. The number of aromatic nitrogens is 4. The van der Waals surface area contributed by atoms with Gasteiger partial charge in [0.2, 0.25) is 0 Å². The molecule has 1 radical (unpaired) electrons. The number of alkyl halides is 3. The topological polar surface area (TPSA) is 135 Å². The summed E-state index contributed by atoms with van der Waals surface area (Å²) in [5.74, 6) is -0.519. The summed E-state index contributed by atoms with van der Waals surface area (Å²) in [7, 11) is 0. The number of pyridine rings is 1. The summed E-state index contributed by atoms with van der Waals surface area (Å²) < 4.78 is 42.5. The molecule has 2 aliphatic heterocycles. The zero-order valence-corrected chi connectivity index (χ0v) is 24.1. The normalized spacial score (nSPS) is 19.8. The second-order valence-electron chi connectivity index (χ2n) is 10.4. The Hall–Kier alpha value is -3.66. The molecular weight excluding hydrogens is 602 g/mol. The van der Waals surface area contributed by atoms with Crippen LogP contribution < -0.4 is 15.1 Å². The maximum absolute atomic E-state index is 14.4. The number of nitrogens with one attached hydrogen (secondary N) is 2. The number of amides is 1. The van der Waals surface area contributed by atoms with E-state index in [2.05, 4.69) is 25.8 Å². The molecule has 3 aromatic rings. The number of halogens is 3. The summed E-state index contributed by atoms with van der Waals surface area (Å²) in [6.07, 6.45) is 4.41. The molecule has 215 valence electrons. The van der Waals surface area contributed by atoms with Crippen molar-refractivity contribution in [2.45, 2.75) is 49.3 Å². The van der Waals surface area contributed by atoms with Crippen molar-refractivity contribution in [2.24, 2.45) is 0 Å². The summed E-state index contributed by atoms with van der Waals surface area (Å²) in [6, 6.07) is 5.42. The van der Waals surface area contributed by atoms with Crippen molar-refractivity contribution >= 4 is 31.7 Å². The van der Waals surface area contributed by atoms with Crippen molar-refractivity contribution in [1.29, 1.82) is 5.26 Å². The van der Waals surface area contributed by atoms with Gasteiger partial charge in [-0.3, -0.25) is 0 Å². The summed E-state index contributed by atoms with van der Waals surface area (Å²) in [6.45, 7) is 2.41. The molecule has 0 aromatic carbocycles. The van der Waals surface area contributed by atoms with E-state index in [9.17, 15) is 23.1 Å². The van der Waals surface area contributed by atoms with E-state index in [1.807, 2.05) is 11.1 Å². The Morgan fingerprint density at radius 3 is 2.80 bits per heavy atom. The van der Waals surface area contributed by atoms with E-state index in [-0.39, 0.29) is 29.5 Å². The van der Waals surface area contributed by atoms with Crippen molar-refractivity contribution in [3.8, 4) is 17.5 Å². The van der Waals surface area contributed by atoms with Crippen LogP contribution in [-0.4, -0.2) is 105 Å². The van der Waals surface area contributed by atoms with E-state index >= 15 is 0 Å². The number of aliphatic hydroxyl groups is 1. The van der Waals surface area contributed by atoms with Crippen LogP contribution in [0.25, 0.3) is 17.0 Å². The van der Waals surface area contributed by atoms with E-state index in [4.69, 9.17) is 5.26 Å². The number of hydrogen-bond acceptors (Lipinski definition) is 9. The number of carbonyl (C=O) groups excluding carboxylic acids is 1. The average molecular weight is 630 g/mol. The first-order chi connectivity index (χ1) is 19.5. The van der Waals surface area contributed by atoms with Crippen LogP contribution in [0.3, 0.4) is 0 Å². The minimum absolute atomic E-state index is 0.00553. The number of fused-ring (bicyclic) bond motifs is 2. The van der Waals surface area contributed by atoms with Gasteiger partial charge in [0.05, 0.1) is 0 Å². The maximum atomic E-state index is 14.4. The molecule has 0 aliphatic carbocycles. The third-order valence-corrected chi connectivity index (χ3v) is 9.52. The average Bonchev–Trinajstić information content (AvgIpc) is 3.53. The van der Waals surface area contributed by atoms with Gasteiger partial charge in [-0.2, -0.15) is 0 Å². The third kappa shape index (κ3) is 6.48. The molecule has 15 heteroatoms. The second-order valence-corrected chi connectivity index (χ2v) is 13.3. The molecule has 3 aromatic heterocycles. The van der Waals surface area contributed by atoms with Crippen molar-refractivity contribution < 1.29 is 23.1 Å². The number of rotatable bonds is 9. The van der Waals surface area contributed by atoms with Gasteiger partial charge >= 0.3 is 241 Å². The Morgan fingerprint density at radius 1 is 1.27 bits per heavy atom. The molecule has 3 N–H and O–H groups in total. The van der Waals surface area contributed by atoms with Gasteiger partial charge in [0.15, 0.2) is 0 Å². The second kappa shape index (κ2) is 11.7. The predicted molar refractivity (Wildman–Crippen MR) is 144 cm³/mol. The minimum atomic E-state index is -2.43. The fourth-order valence-electron chi connectivity index (χ4n) is 4.59. The summed E-state index contributed by atoms with van der Waals surface area (Å²) in [5.41, 5.74) is 3.99. The van der Waals surface area contributed by atoms with Crippen LogP contribution in [0.1, 0.15) is 36.2 Å². The molecule has 0 spiro atoms. The van der Waals surface area contributed by atoms with E-state index in [0.717, 1.165) is 4.35 Å². The molecule has 3 unspecified atom stereocenters. The zero-order chi connectivity index (χ0) is 29.3. The Morgan fingerprint density at radius 2 is 2.07 bits per heavy atom. The van der Waals surface area contributed by atoms with Crippen molar-refractivity contribution in [3.63, 3.8) is 0 Å². The molecule has 0 bridgehead atoms. The quantitative estimate of drug-likeness (QED) is 0.294. The molecule has 11 nitrogen and oxygen atoms in total. The van der Waals surface area contributed by atoms with Gasteiger partial charge in [0, 0.05) is 0 Å². The van der Waals surface area contributed by atoms with Gasteiger partial charge < -0.3 is 0 Å². The number of hydrazine groups is 1. The predicted octanol–water partition coefficient (Wildman–Crippen LogP) is 0.788. The molecule has 1 fully saturated rings. The standard InChI is InChI=1S/C26H28AsF3N9O2/c1-26(2,41)21(28)12-34-25(40)17-10-32-19(20-11-33-24-5-15(8-31)9-35-39(20)24)7-18(17)27-22-6-16-13-37(14-23(29)30)3-4-38(16)36-22/h3-5,7,9-11,16,21-23,36,41H,6,12-14H2,1-2H3,(H,34,40). The van der Waals surface area contributed by atoms with Gasteiger partial charge in [0.25, 0.3) is 0 Å². The van der Waals surface area contributed by atoms with Crippen molar-refractivity contribution in [2.75, 3.05) is 19.6 Å². The number of nitriles is 1. The van der Waals surface area contributed by atoms with Crippen molar-refractivity contribution in [3.05, 3.63) is 54.3 Å². The van der Waals surface area contributed by atoms with E-state index in [1.54, 1.807) is 40.1 Å². The van der Waals surface area contributed by atoms with Crippen LogP contribution in [0.15, 0.2) is 43.1 Å². The number of carbonyl (C=O) groups is 1. The molecule has 1 saturated heterocycles. The van der Waals surface area contributed by atoms with E-state index in [1.165, 1.54) is 26.2 Å². The Labute approximate surface area is 240 Å². The number of nitrogens with zero attached hydrogens (tertiary/aromatic N) is 7. The van der Waals surface area contributed by atoms with Crippen LogP contribution in [-0.2, 0) is 0 Å². The molecular formula is C26H28AsF3N9O2.